The van der Waals surface area contributed by atoms with Crippen LogP contribution in [0.5, 0.6) is 0 Å². The Kier molecular flexibility index (Phi) is 5.06. The fraction of sp³-hybridized carbons (Fsp3) is 0.176. The standard InChI is InChI=1S/C17H16BrN/c1-2-3-13-19(14-15-9-5-4-6-10-15)17-12-8-7-11-16(17)18/h4-12H,13-14H2,1H3. The summed E-state index contributed by atoms with van der Waals surface area (Å²) in [6, 6.07) is 18.7. The second-order valence-electron chi connectivity index (χ2n) is 4.22. The van der Waals surface area contributed by atoms with Gasteiger partial charge < -0.3 is 4.90 Å². The second kappa shape index (κ2) is 7.01. The van der Waals surface area contributed by atoms with E-state index in [9.17, 15) is 0 Å². The zero-order chi connectivity index (χ0) is 13.5. The van der Waals surface area contributed by atoms with Gasteiger partial charge in [0.25, 0.3) is 0 Å². The highest BCUT2D eigenvalue weighted by Crippen LogP contribution is 2.26. The van der Waals surface area contributed by atoms with Crippen LogP contribution in [0.2, 0.25) is 0 Å². The summed E-state index contributed by atoms with van der Waals surface area (Å²) in [6.45, 7) is 3.47. The van der Waals surface area contributed by atoms with E-state index in [0.717, 1.165) is 17.6 Å². The largest absolute Gasteiger partial charge is 0.355 e. The fourth-order valence-corrected chi connectivity index (χ4v) is 2.45. The highest BCUT2D eigenvalue weighted by atomic mass is 79.9. The molecule has 2 aromatic carbocycles. The topological polar surface area (TPSA) is 3.24 Å². The van der Waals surface area contributed by atoms with E-state index in [1.54, 1.807) is 0 Å². The van der Waals surface area contributed by atoms with Crippen LogP contribution in [0, 0.1) is 11.8 Å². The van der Waals surface area contributed by atoms with E-state index >= 15 is 0 Å². The number of rotatable bonds is 4. The van der Waals surface area contributed by atoms with Crippen molar-refractivity contribution in [2.24, 2.45) is 0 Å². The van der Waals surface area contributed by atoms with Crippen molar-refractivity contribution in [3.8, 4) is 11.8 Å². The van der Waals surface area contributed by atoms with Crippen LogP contribution in [0.25, 0.3) is 0 Å². The Labute approximate surface area is 123 Å². The van der Waals surface area contributed by atoms with Gasteiger partial charge in [-0.3, -0.25) is 0 Å². The van der Waals surface area contributed by atoms with Crippen LogP contribution in [0.3, 0.4) is 0 Å². The number of hydrogen-bond acceptors (Lipinski definition) is 1. The number of benzene rings is 2. The van der Waals surface area contributed by atoms with Gasteiger partial charge in [0.15, 0.2) is 0 Å². The van der Waals surface area contributed by atoms with Crippen molar-refractivity contribution in [1.82, 2.24) is 0 Å². The molecule has 0 saturated carbocycles. The van der Waals surface area contributed by atoms with E-state index in [0.29, 0.717) is 0 Å². The van der Waals surface area contributed by atoms with Crippen molar-refractivity contribution >= 4 is 21.6 Å². The van der Waals surface area contributed by atoms with E-state index < -0.39 is 0 Å². The van der Waals surface area contributed by atoms with Crippen LogP contribution in [-0.4, -0.2) is 6.54 Å². The molecule has 19 heavy (non-hydrogen) atoms. The van der Waals surface area contributed by atoms with Gasteiger partial charge in [0.2, 0.25) is 0 Å². The van der Waals surface area contributed by atoms with Crippen molar-refractivity contribution in [3.63, 3.8) is 0 Å². The van der Waals surface area contributed by atoms with Crippen molar-refractivity contribution in [2.75, 3.05) is 11.4 Å². The molecule has 2 heteroatoms. The maximum absolute atomic E-state index is 3.61. The van der Waals surface area contributed by atoms with Gasteiger partial charge in [0.1, 0.15) is 0 Å². The van der Waals surface area contributed by atoms with Crippen LogP contribution >= 0.6 is 15.9 Å². The summed E-state index contributed by atoms with van der Waals surface area (Å²) in [5.74, 6) is 6.12. The molecule has 2 rings (SSSR count). The Morgan fingerprint density at radius 2 is 1.68 bits per heavy atom. The third-order valence-corrected chi connectivity index (χ3v) is 3.53. The molecule has 96 valence electrons. The van der Waals surface area contributed by atoms with Crippen LogP contribution in [0.1, 0.15) is 12.5 Å². The highest BCUT2D eigenvalue weighted by molar-refractivity contribution is 9.10. The van der Waals surface area contributed by atoms with Crippen molar-refractivity contribution < 1.29 is 0 Å². The smallest absolute Gasteiger partial charge is 0.0798 e. The first-order valence-corrected chi connectivity index (χ1v) is 7.03. The van der Waals surface area contributed by atoms with Crippen LogP contribution in [-0.2, 0) is 6.54 Å². The lowest BCUT2D eigenvalue weighted by atomic mass is 10.2. The Balaban J connectivity index is 2.25. The minimum atomic E-state index is 0.730. The van der Waals surface area contributed by atoms with Crippen molar-refractivity contribution in [1.29, 1.82) is 0 Å². The van der Waals surface area contributed by atoms with E-state index in [1.807, 2.05) is 19.1 Å². The van der Waals surface area contributed by atoms with Gasteiger partial charge in [0, 0.05) is 11.0 Å². The molecule has 0 aliphatic heterocycles. The Bertz CT molecular complexity index is 581. The summed E-state index contributed by atoms with van der Waals surface area (Å²) < 4.78 is 1.10. The average molecular weight is 314 g/mol. The normalized spacial score (nSPS) is 9.58. The van der Waals surface area contributed by atoms with Crippen molar-refractivity contribution in [2.45, 2.75) is 13.5 Å². The molecular formula is C17H16BrN. The predicted molar refractivity (Wildman–Crippen MR) is 85.1 cm³/mol. The number of nitrogens with zero attached hydrogens (tertiary/aromatic N) is 1. The zero-order valence-electron chi connectivity index (χ0n) is 10.9. The van der Waals surface area contributed by atoms with Gasteiger partial charge in [-0.15, -0.1) is 5.92 Å². The molecular weight excluding hydrogens is 298 g/mol. The molecule has 0 aromatic heterocycles. The molecule has 0 amide bonds. The summed E-state index contributed by atoms with van der Waals surface area (Å²) in [6.07, 6.45) is 0. The SMILES string of the molecule is CC#CCN(Cc1ccccc1)c1ccccc1Br. The third kappa shape index (κ3) is 3.87. The first kappa shape index (κ1) is 13.7. The minimum Gasteiger partial charge on any atom is -0.355 e. The molecule has 1 nitrogen and oxygen atoms in total. The molecule has 0 aliphatic rings. The van der Waals surface area contributed by atoms with Gasteiger partial charge in [-0.05, 0) is 40.5 Å². The average Bonchev–Trinajstić information content (AvgIpc) is 2.45. The minimum absolute atomic E-state index is 0.730. The number of anilines is 1. The Morgan fingerprint density at radius 1 is 1.00 bits per heavy atom. The van der Waals surface area contributed by atoms with E-state index in [1.165, 1.54) is 11.3 Å². The lowest BCUT2D eigenvalue weighted by Crippen LogP contribution is -2.23. The summed E-state index contributed by atoms with van der Waals surface area (Å²) >= 11 is 3.61. The summed E-state index contributed by atoms with van der Waals surface area (Å²) in [7, 11) is 0. The lowest BCUT2D eigenvalue weighted by Gasteiger charge is -2.23. The number of para-hydroxylation sites is 1. The van der Waals surface area contributed by atoms with E-state index in [2.05, 4.69) is 75.1 Å². The molecule has 0 aliphatic carbocycles. The fourth-order valence-electron chi connectivity index (χ4n) is 1.91. The van der Waals surface area contributed by atoms with Gasteiger partial charge in [-0.25, -0.2) is 0 Å². The monoisotopic (exact) mass is 313 g/mol. The molecule has 0 radical (unpaired) electrons. The van der Waals surface area contributed by atoms with E-state index in [4.69, 9.17) is 0 Å². The molecule has 0 bridgehead atoms. The molecule has 0 saturated heterocycles. The summed E-state index contributed by atoms with van der Waals surface area (Å²) in [4.78, 5) is 2.27. The maximum atomic E-state index is 3.61. The highest BCUT2D eigenvalue weighted by Gasteiger charge is 2.08. The second-order valence-corrected chi connectivity index (χ2v) is 5.07. The molecule has 0 spiro atoms. The quantitative estimate of drug-likeness (QED) is 0.752. The maximum Gasteiger partial charge on any atom is 0.0798 e. The number of hydrogen-bond donors (Lipinski definition) is 0. The zero-order valence-corrected chi connectivity index (χ0v) is 12.5. The molecule has 0 unspecified atom stereocenters. The van der Waals surface area contributed by atoms with Gasteiger partial charge in [0.05, 0.1) is 12.2 Å². The van der Waals surface area contributed by atoms with Crippen LogP contribution < -0.4 is 4.90 Å². The van der Waals surface area contributed by atoms with Crippen molar-refractivity contribution in [3.05, 3.63) is 64.6 Å². The lowest BCUT2D eigenvalue weighted by molar-refractivity contribution is 0.875. The van der Waals surface area contributed by atoms with Crippen LogP contribution in [0.15, 0.2) is 59.1 Å². The van der Waals surface area contributed by atoms with Gasteiger partial charge in [-0.2, -0.15) is 0 Å². The molecule has 0 atom stereocenters. The molecule has 0 heterocycles. The van der Waals surface area contributed by atoms with Gasteiger partial charge in [-0.1, -0.05) is 48.4 Å². The number of halogens is 1. The Morgan fingerprint density at radius 3 is 2.37 bits per heavy atom. The first-order chi connectivity index (χ1) is 9.31. The third-order valence-electron chi connectivity index (χ3n) is 2.86. The summed E-state index contributed by atoms with van der Waals surface area (Å²) in [5.41, 5.74) is 2.46. The van der Waals surface area contributed by atoms with E-state index in [-0.39, 0.29) is 0 Å². The molecule has 0 fully saturated rings. The predicted octanol–water partition coefficient (Wildman–Crippen LogP) is 4.48. The van der Waals surface area contributed by atoms with Gasteiger partial charge >= 0.3 is 0 Å². The molecule has 0 N–H and O–H groups in total. The molecule has 2 aromatic rings. The van der Waals surface area contributed by atoms with Crippen LogP contribution in [0.4, 0.5) is 5.69 Å². The first-order valence-electron chi connectivity index (χ1n) is 6.24. The Hall–Kier alpha value is -1.72. The summed E-state index contributed by atoms with van der Waals surface area (Å²) in [5, 5.41) is 0.